The average molecular weight is 453 g/mol. The number of nitrogens with one attached hydrogen (secondary N) is 2. The van der Waals surface area contributed by atoms with Crippen molar-refractivity contribution >= 4 is 50.3 Å². The van der Waals surface area contributed by atoms with Gasteiger partial charge in [-0.15, -0.1) is 11.3 Å². The Kier molecular flexibility index (Phi) is 7.62. The van der Waals surface area contributed by atoms with Crippen molar-refractivity contribution in [3.8, 4) is 0 Å². The van der Waals surface area contributed by atoms with Crippen LogP contribution in [0.25, 0.3) is 0 Å². The second-order valence-corrected chi connectivity index (χ2v) is 8.16. The largest absolute Gasteiger partial charge is 0.480 e. The number of nitrogen functional groups attached to an aromatic ring is 1. The zero-order valence-corrected chi connectivity index (χ0v) is 16.9. The number of carbonyl (C=O) groups is 3. The van der Waals surface area contributed by atoms with Crippen LogP contribution < -0.4 is 15.8 Å². The van der Waals surface area contributed by atoms with E-state index in [-0.39, 0.29) is 10.8 Å². The number of aliphatic carboxylic acids is 2. The fraction of sp³-hybridized carbons (Fsp3) is 0.462. The predicted octanol–water partition coefficient (Wildman–Crippen LogP) is -1.34. The molecule has 29 heavy (non-hydrogen) atoms. The third kappa shape index (κ3) is 7.26. The molecular formula is C13H19N5O9S2. The molecule has 1 amide bonds. The maximum absolute atomic E-state index is 12.6. The molecule has 2 atom stereocenters. The Morgan fingerprint density at radius 3 is 2.34 bits per heavy atom. The van der Waals surface area contributed by atoms with Crippen LogP contribution in [0.3, 0.4) is 0 Å². The summed E-state index contributed by atoms with van der Waals surface area (Å²) in [5.41, 5.74) is 2.93. The molecule has 0 saturated heterocycles. The summed E-state index contributed by atoms with van der Waals surface area (Å²) in [4.78, 5) is 43.8. The van der Waals surface area contributed by atoms with Crippen LogP contribution in [0.2, 0.25) is 0 Å². The highest BCUT2D eigenvalue weighted by atomic mass is 32.2. The molecule has 162 valence electrons. The van der Waals surface area contributed by atoms with Crippen molar-refractivity contribution in [2.24, 2.45) is 5.16 Å². The van der Waals surface area contributed by atoms with Crippen molar-refractivity contribution in [2.45, 2.75) is 38.5 Å². The summed E-state index contributed by atoms with van der Waals surface area (Å²) in [7, 11) is -4.76. The molecule has 0 aromatic carbocycles. The van der Waals surface area contributed by atoms with Gasteiger partial charge in [0.25, 0.3) is 5.91 Å². The minimum absolute atomic E-state index is 0.0363. The van der Waals surface area contributed by atoms with Gasteiger partial charge in [0.15, 0.2) is 10.8 Å². The summed E-state index contributed by atoms with van der Waals surface area (Å²) >= 11 is 0.922. The van der Waals surface area contributed by atoms with Gasteiger partial charge in [-0.1, -0.05) is 5.16 Å². The highest BCUT2D eigenvalue weighted by Crippen LogP contribution is 2.15. The normalized spacial score (nSPS) is 14.7. The maximum Gasteiger partial charge on any atom is 0.350 e. The summed E-state index contributed by atoms with van der Waals surface area (Å²) in [5, 5.41) is 25.1. The van der Waals surface area contributed by atoms with E-state index in [0.29, 0.717) is 0 Å². The van der Waals surface area contributed by atoms with Gasteiger partial charge in [0.05, 0.1) is 6.04 Å². The molecule has 1 aromatic rings. The lowest BCUT2D eigenvalue weighted by molar-refractivity contribution is -0.161. The van der Waals surface area contributed by atoms with E-state index in [1.165, 1.54) is 5.38 Å². The number of carbonyl (C=O) groups excluding carboxylic acids is 1. The predicted molar refractivity (Wildman–Crippen MR) is 99.6 cm³/mol. The lowest BCUT2D eigenvalue weighted by Crippen LogP contribution is -2.55. The molecule has 0 aliphatic heterocycles. The highest BCUT2D eigenvalue weighted by molar-refractivity contribution is 7.83. The van der Waals surface area contributed by atoms with Crippen molar-refractivity contribution in [2.75, 3.05) is 5.73 Å². The highest BCUT2D eigenvalue weighted by Gasteiger charge is 2.33. The minimum Gasteiger partial charge on any atom is -0.480 e. The average Bonchev–Trinajstić information content (AvgIpc) is 2.96. The number of nitrogens with two attached hydrogens (primary N) is 1. The summed E-state index contributed by atoms with van der Waals surface area (Å²) in [6.45, 7) is 3.39. The number of nitrogens with zero attached hydrogens (tertiary/aromatic N) is 2. The van der Waals surface area contributed by atoms with Gasteiger partial charge in [0.1, 0.15) is 11.7 Å². The first-order valence-electron chi connectivity index (χ1n) is 7.63. The van der Waals surface area contributed by atoms with Gasteiger partial charge in [-0.05, 0) is 20.8 Å². The van der Waals surface area contributed by atoms with E-state index in [2.05, 4.69) is 10.1 Å². The Morgan fingerprint density at radius 1 is 1.34 bits per heavy atom. The minimum atomic E-state index is -4.76. The number of rotatable bonds is 10. The van der Waals surface area contributed by atoms with Crippen LogP contribution >= 0.6 is 11.3 Å². The standard InChI is InChI=1S/C13H19N5O9S2/c1-5(18-29(24,25)26)7(10(20)21)16-9(19)8(6-4-28-12(14)15-6)17-27-13(2,3)11(22)23/h4-5,7,18H,1-3H3,(H2,14,15)(H,16,19)(H,20,21)(H,22,23)(H,24,25,26)/b17-8-/t5-,7-/m1/s1. The molecule has 1 aromatic heterocycles. The molecular weight excluding hydrogens is 434 g/mol. The molecule has 0 saturated carbocycles. The van der Waals surface area contributed by atoms with Gasteiger partial charge >= 0.3 is 22.2 Å². The van der Waals surface area contributed by atoms with Crippen LogP contribution in [0.1, 0.15) is 26.5 Å². The lowest BCUT2D eigenvalue weighted by atomic mass is 10.1. The Morgan fingerprint density at radius 2 is 1.93 bits per heavy atom. The fourth-order valence-corrected chi connectivity index (χ4v) is 2.87. The van der Waals surface area contributed by atoms with Crippen molar-refractivity contribution in [1.29, 1.82) is 0 Å². The van der Waals surface area contributed by atoms with E-state index in [1.54, 1.807) is 4.72 Å². The zero-order valence-electron chi connectivity index (χ0n) is 15.3. The van der Waals surface area contributed by atoms with Crippen LogP contribution in [-0.2, 0) is 29.5 Å². The molecule has 1 heterocycles. The van der Waals surface area contributed by atoms with Crippen molar-refractivity contribution in [1.82, 2.24) is 15.0 Å². The fourth-order valence-electron chi connectivity index (χ4n) is 1.71. The Labute approximate surface area is 168 Å². The molecule has 0 spiro atoms. The molecule has 0 unspecified atom stereocenters. The number of thiazole rings is 1. The van der Waals surface area contributed by atoms with E-state index in [4.69, 9.17) is 20.2 Å². The number of amides is 1. The van der Waals surface area contributed by atoms with Gasteiger partial charge in [0.2, 0.25) is 5.60 Å². The second kappa shape index (κ2) is 9.12. The molecule has 1 rings (SSSR count). The monoisotopic (exact) mass is 453 g/mol. The van der Waals surface area contributed by atoms with Gasteiger partial charge in [-0.3, -0.25) is 9.35 Å². The first kappa shape index (κ1) is 24.2. The first-order valence-corrected chi connectivity index (χ1v) is 9.95. The van der Waals surface area contributed by atoms with Crippen LogP contribution in [0.15, 0.2) is 10.5 Å². The molecule has 14 nitrogen and oxygen atoms in total. The van der Waals surface area contributed by atoms with Gasteiger partial charge < -0.3 is 26.1 Å². The summed E-state index contributed by atoms with van der Waals surface area (Å²) in [6.07, 6.45) is 0. The van der Waals surface area contributed by atoms with Crippen molar-refractivity contribution in [3.63, 3.8) is 0 Å². The van der Waals surface area contributed by atoms with E-state index in [1.807, 2.05) is 5.32 Å². The number of aromatic nitrogens is 1. The molecule has 0 aliphatic rings. The number of carboxylic acids is 2. The second-order valence-electron chi connectivity index (χ2n) is 6.09. The topological polar surface area (TPSA) is 231 Å². The van der Waals surface area contributed by atoms with Crippen LogP contribution in [0.5, 0.6) is 0 Å². The van der Waals surface area contributed by atoms with Crippen LogP contribution in [0.4, 0.5) is 5.13 Å². The molecule has 0 fully saturated rings. The van der Waals surface area contributed by atoms with Crippen LogP contribution in [-0.4, -0.2) is 69.4 Å². The Bertz CT molecular complexity index is 925. The Balaban J connectivity index is 3.22. The quantitative estimate of drug-likeness (QED) is 0.138. The lowest BCUT2D eigenvalue weighted by Gasteiger charge is -2.21. The summed E-state index contributed by atoms with van der Waals surface area (Å²) < 4.78 is 32.2. The molecule has 0 bridgehead atoms. The van der Waals surface area contributed by atoms with E-state index in [0.717, 1.165) is 32.1 Å². The number of carboxylic acid groups (broad SMARTS) is 2. The van der Waals surface area contributed by atoms with Crippen molar-refractivity contribution in [3.05, 3.63) is 11.1 Å². The molecule has 0 radical (unpaired) electrons. The van der Waals surface area contributed by atoms with E-state index < -0.39 is 51.5 Å². The number of hydrogen-bond donors (Lipinski definition) is 6. The molecule has 16 heteroatoms. The van der Waals surface area contributed by atoms with Gasteiger partial charge in [0, 0.05) is 5.38 Å². The van der Waals surface area contributed by atoms with Crippen LogP contribution in [0, 0.1) is 0 Å². The third-order valence-corrected chi connectivity index (χ3v) is 4.59. The SMILES string of the molecule is C[C@@H](NS(=O)(=O)O)[C@@H](NC(=O)/C(=N\OC(C)(C)C(=O)O)c1csc(N)n1)C(=O)O. The number of oxime groups is 1. The zero-order chi connectivity index (χ0) is 22.6. The summed E-state index contributed by atoms with van der Waals surface area (Å²) in [6, 6.07) is -3.30. The number of anilines is 1. The maximum atomic E-state index is 12.6. The van der Waals surface area contributed by atoms with E-state index >= 15 is 0 Å². The first-order chi connectivity index (χ1) is 13.1. The molecule has 7 N–H and O–H groups in total. The van der Waals surface area contributed by atoms with E-state index in [9.17, 15) is 27.9 Å². The smallest absolute Gasteiger partial charge is 0.350 e. The van der Waals surface area contributed by atoms with Gasteiger partial charge in [-0.2, -0.15) is 13.1 Å². The third-order valence-electron chi connectivity index (χ3n) is 3.25. The number of hydrogen-bond acceptors (Lipinski definition) is 10. The Hall–Kier alpha value is -2.82. The summed E-state index contributed by atoms with van der Waals surface area (Å²) in [5.74, 6) is -4.20. The van der Waals surface area contributed by atoms with Gasteiger partial charge in [-0.25, -0.2) is 14.6 Å². The van der Waals surface area contributed by atoms with Crippen molar-refractivity contribution < 1.29 is 42.4 Å². The molecule has 0 aliphatic carbocycles.